The second kappa shape index (κ2) is 12.9. The third kappa shape index (κ3) is 8.64. The Morgan fingerprint density at radius 3 is 2.43 bits per heavy atom. The molecular weight excluding hydrogens is 555 g/mol. The number of benzene rings is 3. The number of hydrogen-bond acceptors (Lipinski definition) is 5. The van der Waals surface area contributed by atoms with Crippen LogP contribution in [0.5, 0.6) is 11.5 Å². The predicted octanol–water partition coefficient (Wildman–Crippen LogP) is 5.92. The molecule has 2 N–H and O–H groups in total. The SMILES string of the molecule is COc1cc(C=NNC(=O)CCC(=O)Nc2cccc(C(F)(F)F)c2)cc(Br)c1OCc1ccccc1. The van der Waals surface area contributed by atoms with Crippen molar-refractivity contribution in [2.45, 2.75) is 25.6 Å². The zero-order valence-corrected chi connectivity index (χ0v) is 21.2. The number of nitrogens with one attached hydrogen (secondary N) is 2. The summed E-state index contributed by atoms with van der Waals surface area (Å²) in [6.45, 7) is 0.348. The van der Waals surface area contributed by atoms with Gasteiger partial charge < -0.3 is 14.8 Å². The summed E-state index contributed by atoms with van der Waals surface area (Å²) in [5.74, 6) is -0.161. The maximum absolute atomic E-state index is 12.8. The molecule has 0 saturated carbocycles. The summed E-state index contributed by atoms with van der Waals surface area (Å²) >= 11 is 3.46. The molecule has 3 aromatic carbocycles. The minimum atomic E-state index is -4.52. The van der Waals surface area contributed by atoms with Crippen molar-refractivity contribution in [3.63, 3.8) is 0 Å². The maximum Gasteiger partial charge on any atom is 0.416 e. The second-order valence-electron chi connectivity index (χ2n) is 7.73. The Morgan fingerprint density at radius 1 is 1.00 bits per heavy atom. The number of rotatable bonds is 10. The van der Waals surface area contributed by atoms with E-state index in [9.17, 15) is 22.8 Å². The lowest BCUT2D eigenvalue weighted by Gasteiger charge is -2.13. The fourth-order valence-corrected chi connectivity index (χ4v) is 3.72. The van der Waals surface area contributed by atoms with Gasteiger partial charge in [-0.3, -0.25) is 9.59 Å². The van der Waals surface area contributed by atoms with Crippen LogP contribution in [0, 0.1) is 0 Å². The zero-order valence-electron chi connectivity index (χ0n) is 19.6. The van der Waals surface area contributed by atoms with Gasteiger partial charge in [0.25, 0.3) is 0 Å². The maximum atomic E-state index is 12.8. The minimum Gasteiger partial charge on any atom is -0.493 e. The van der Waals surface area contributed by atoms with Gasteiger partial charge in [0.2, 0.25) is 11.8 Å². The van der Waals surface area contributed by atoms with Crippen molar-refractivity contribution in [2.75, 3.05) is 12.4 Å². The minimum absolute atomic E-state index is 0.00558. The molecule has 0 atom stereocenters. The Balaban J connectivity index is 1.50. The van der Waals surface area contributed by atoms with Gasteiger partial charge >= 0.3 is 6.18 Å². The molecule has 0 unspecified atom stereocenters. The van der Waals surface area contributed by atoms with E-state index in [4.69, 9.17) is 9.47 Å². The number of amides is 2. The van der Waals surface area contributed by atoms with E-state index >= 15 is 0 Å². The summed E-state index contributed by atoms with van der Waals surface area (Å²) < 4.78 is 50.3. The van der Waals surface area contributed by atoms with Gasteiger partial charge in [0.15, 0.2) is 11.5 Å². The molecule has 194 valence electrons. The lowest BCUT2D eigenvalue weighted by Crippen LogP contribution is -2.20. The van der Waals surface area contributed by atoms with Gasteiger partial charge in [-0.2, -0.15) is 18.3 Å². The van der Waals surface area contributed by atoms with Crippen LogP contribution in [-0.2, 0) is 22.4 Å². The predicted molar refractivity (Wildman–Crippen MR) is 137 cm³/mol. The standard InChI is InChI=1S/C26H23BrF3N3O4/c1-36-22-13-18(12-21(27)25(22)37-16-17-6-3-2-4-7-17)15-31-33-24(35)11-10-23(34)32-20-9-5-8-19(14-20)26(28,29)30/h2-9,12-15H,10-11,16H2,1H3,(H,32,34)(H,33,35). The van der Waals surface area contributed by atoms with E-state index in [1.807, 2.05) is 30.3 Å². The molecule has 0 aromatic heterocycles. The number of ether oxygens (including phenoxy) is 2. The molecule has 0 aliphatic heterocycles. The van der Waals surface area contributed by atoms with Crippen molar-refractivity contribution in [3.8, 4) is 11.5 Å². The Bertz CT molecular complexity index is 1270. The van der Waals surface area contributed by atoms with E-state index in [-0.39, 0.29) is 18.5 Å². The molecule has 0 heterocycles. The highest BCUT2D eigenvalue weighted by atomic mass is 79.9. The number of carbonyl (C=O) groups is 2. The Morgan fingerprint density at radius 2 is 1.73 bits per heavy atom. The van der Waals surface area contributed by atoms with Crippen molar-refractivity contribution >= 4 is 39.6 Å². The van der Waals surface area contributed by atoms with Crippen molar-refractivity contribution in [3.05, 3.63) is 87.9 Å². The summed E-state index contributed by atoms with van der Waals surface area (Å²) in [7, 11) is 1.50. The zero-order chi connectivity index (χ0) is 26.8. The molecule has 11 heteroatoms. The first-order valence-corrected chi connectivity index (χ1v) is 11.8. The third-order valence-electron chi connectivity index (χ3n) is 4.93. The van der Waals surface area contributed by atoms with Crippen LogP contribution >= 0.6 is 15.9 Å². The molecule has 0 fully saturated rings. The van der Waals surface area contributed by atoms with Crippen LogP contribution in [0.15, 0.2) is 76.3 Å². The average molecular weight is 578 g/mol. The molecule has 37 heavy (non-hydrogen) atoms. The Labute approximate surface area is 219 Å². The smallest absolute Gasteiger partial charge is 0.416 e. The van der Waals surface area contributed by atoms with Gasteiger partial charge in [-0.1, -0.05) is 36.4 Å². The largest absolute Gasteiger partial charge is 0.493 e. The van der Waals surface area contributed by atoms with E-state index in [0.29, 0.717) is 28.1 Å². The van der Waals surface area contributed by atoms with Gasteiger partial charge in [-0.25, -0.2) is 5.43 Å². The van der Waals surface area contributed by atoms with E-state index in [2.05, 4.69) is 31.8 Å². The first-order chi connectivity index (χ1) is 17.7. The quantitative estimate of drug-likeness (QED) is 0.231. The Hall–Kier alpha value is -3.86. The lowest BCUT2D eigenvalue weighted by molar-refractivity contribution is -0.137. The van der Waals surface area contributed by atoms with Gasteiger partial charge in [0.1, 0.15) is 6.61 Å². The van der Waals surface area contributed by atoms with Gasteiger partial charge in [0.05, 0.1) is 23.4 Å². The topological polar surface area (TPSA) is 89.0 Å². The summed E-state index contributed by atoms with van der Waals surface area (Å²) in [6.07, 6.45) is -3.56. The van der Waals surface area contributed by atoms with E-state index < -0.39 is 23.6 Å². The van der Waals surface area contributed by atoms with E-state index in [0.717, 1.165) is 17.7 Å². The Kier molecular flexibility index (Phi) is 9.67. The molecule has 0 aliphatic rings. The van der Waals surface area contributed by atoms with Gasteiger partial charge in [-0.15, -0.1) is 0 Å². The normalized spacial score (nSPS) is 11.3. The van der Waals surface area contributed by atoms with Crippen molar-refractivity contribution < 1.29 is 32.2 Å². The van der Waals surface area contributed by atoms with Crippen LogP contribution in [0.1, 0.15) is 29.5 Å². The van der Waals surface area contributed by atoms with Crippen LogP contribution in [0.2, 0.25) is 0 Å². The van der Waals surface area contributed by atoms with E-state index in [1.54, 1.807) is 12.1 Å². The van der Waals surface area contributed by atoms with Crippen LogP contribution < -0.4 is 20.2 Å². The number of halogens is 4. The summed E-state index contributed by atoms with van der Waals surface area (Å²) in [6, 6.07) is 17.3. The molecule has 3 rings (SSSR count). The summed E-state index contributed by atoms with van der Waals surface area (Å²) in [5, 5.41) is 6.23. The number of alkyl halides is 3. The first kappa shape index (κ1) is 27.7. The second-order valence-corrected chi connectivity index (χ2v) is 8.58. The molecule has 0 spiro atoms. The molecule has 0 bridgehead atoms. The van der Waals surface area contributed by atoms with E-state index in [1.165, 1.54) is 25.5 Å². The average Bonchev–Trinajstić information content (AvgIpc) is 2.87. The molecule has 3 aromatic rings. The molecule has 7 nitrogen and oxygen atoms in total. The van der Waals surface area contributed by atoms with Crippen LogP contribution in [0.4, 0.5) is 18.9 Å². The van der Waals surface area contributed by atoms with Crippen molar-refractivity contribution in [2.24, 2.45) is 5.10 Å². The molecule has 0 aliphatic carbocycles. The highest BCUT2D eigenvalue weighted by Gasteiger charge is 2.30. The number of nitrogens with zero attached hydrogens (tertiary/aromatic N) is 1. The first-order valence-electron chi connectivity index (χ1n) is 11.0. The lowest BCUT2D eigenvalue weighted by atomic mass is 10.2. The summed E-state index contributed by atoms with van der Waals surface area (Å²) in [4.78, 5) is 24.0. The molecule has 0 saturated heterocycles. The third-order valence-corrected chi connectivity index (χ3v) is 5.52. The number of methoxy groups -OCH3 is 1. The number of anilines is 1. The highest BCUT2D eigenvalue weighted by Crippen LogP contribution is 2.37. The van der Waals surface area contributed by atoms with Crippen LogP contribution in [-0.4, -0.2) is 25.1 Å². The van der Waals surface area contributed by atoms with Crippen molar-refractivity contribution in [1.82, 2.24) is 5.43 Å². The number of carbonyl (C=O) groups excluding carboxylic acids is 2. The molecule has 0 radical (unpaired) electrons. The number of hydrazone groups is 1. The molecular formula is C26H23BrF3N3O4. The number of hydrogen-bond donors (Lipinski definition) is 2. The fraction of sp³-hybridized carbons (Fsp3) is 0.192. The van der Waals surface area contributed by atoms with Crippen LogP contribution in [0.3, 0.4) is 0 Å². The van der Waals surface area contributed by atoms with Gasteiger partial charge in [-0.05, 0) is 57.4 Å². The summed E-state index contributed by atoms with van der Waals surface area (Å²) in [5.41, 5.74) is 3.03. The fourth-order valence-electron chi connectivity index (χ4n) is 3.14. The van der Waals surface area contributed by atoms with Crippen molar-refractivity contribution in [1.29, 1.82) is 0 Å². The highest BCUT2D eigenvalue weighted by molar-refractivity contribution is 9.10. The monoisotopic (exact) mass is 577 g/mol. The molecule has 2 amide bonds. The van der Waals surface area contributed by atoms with Gasteiger partial charge in [0, 0.05) is 18.5 Å². The van der Waals surface area contributed by atoms with Crippen LogP contribution in [0.25, 0.3) is 0 Å².